The Morgan fingerprint density at radius 2 is 2.50 bits per heavy atom. The van der Waals surface area contributed by atoms with E-state index in [4.69, 9.17) is 5.26 Å². The first kappa shape index (κ1) is 8.44. The number of nitrogens with zero attached hydrogens (tertiary/aromatic N) is 4. The average molecular weight is 189 g/mol. The molecule has 0 fully saturated rings. The fraction of sp³-hybridized carbons (Fsp3) is 0.250. The maximum atomic E-state index is 11.2. The molecule has 0 saturated heterocycles. The smallest absolute Gasteiger partial charge is 0.246 e. The zero-order valence-corrected chi connectivity index (χ0v) is 7.48. The summed E-state index contributed by atoms with van der Waals surface area (Å²) in [6, 6.07) is 3.61. The van der Waals surface area contributed by atoms with Gasteiger partial charge in [-0.3, -0.25) is 0 Å². The van der Waals surface area contributed by atoms with Crippen LogP contribution in [0.3, 0.4) is 0 Å². The van der Waals surface area contributed by atoms with Crippen LogP contribution in [0, 0.1) is 18.3 Å². The molecule has 6 heteroatoms. The third kappa shape index (κ3) is 1.15. The fourth-order valence-corrected chi connectivity index (χ4v) is 1.33. The molecule has 0 amide bonds. The number of aryl methyl sites for hydroxylation is 1. The number of rotatable bonds is 1. The van der Waals surface area contributed by atoms with Gasteiger partial charge >= 0.3 is 5.69 Å². The third-order valence-electron chi connectivity index (χ3n) is 1.88. The standard InChI is InChI=1S/C8H7N5O/c1-5-10-6(2-3-9)4-7-11-12-8(14)13(5)7/h4H,2H2,1H3,(H,12,14). The topological polar surface area (TPSA) is 86.8 Å². The van der Waals surface area contributed by atoms with E-state index in [1.165, 1.54) is 4.40 Å². The SMILES string of the molecule is Cc1nc(CC#N)cc2n[nH]c(=O)n12. The highest BCUT2D eigenvalue weighted by molar-refractivity contribution is 5.38. The van der Waals surface area contributed by atoms with Crippen molar-refractivity contribution in [3.63, 3.8) is 0 Å². The summed E-state index contributed by atoms with van der Waals surface area (Å²) in [6.45, 7) is 1.70. The second kappa shape index (κ2) is 2.96. The fourth-order valence-electron chi connectivity index (χ4n) is 1.33. The van der Waals surface area contributed by atoms with Crippen molar-refractivity contribution in [3.8, 4) is 6.07 Å². The highest BCUT2D eigenvalue weighted by atomic mass is 16.1. The second-order valence-corrected chi connectivity index (χ2v) is 2.85. The van der Waals surface area contributed by atoms with Gasteiger partial charge in [0.15, 0.2) is 5.65 Å². The van der Waals surface area contributed by atoms with Crippen LogP contribution in [0.2, 0.25) is 0 Å². The first-order chi connectivity index (χ1) is 6.72. The molecule has 0 atom stereocenters. The predicted octanol–water partition coefficient (Wildman–Crippen LogP) is -0.208. The van der Waals surface area contributed by atoms with Gasteiger partial charge in [-0.15, -0.1) is 0 Å². The summed E-state index contributed by atoms with van der Waals surface area (Å²) in [7, 11) is 0. The minimum Gasteiger partial charge on any atom is -0.246 e. The van der Waals surface area contributed by atoms with Gasteiger partial charge < -0.3 is 0 Å². The van der Waals surface area contributed by atoms with Gasteiger partial charge in [0.1, 0.15) is 5.82 Å². The van der Waals surface area contributed by atoms with Crippen LogP contribution in [-0.4, -0.2) is 19.6 Å². The number of nitriles is 1. The summed E-state index contributed by atoms with van der Waals surface area (Å²) in [5.41, 5.74) is 0.803. The number of fused-ring (bicyclic) bond motifs is 1. The minimum atomic E-state index is -0.312. The Kier molecular flexibility index (Phi) is 1.78. The first-order valence-corrected chi connectivity index (χ1v) is 4.03. The zero-order valence-electron chi connectivity index (χ0n) is 7.48. The number of aromatic amines is 1. The van der Waals surface area contributed by atoms with Crippen LogP contribution in [0.25, 0.3) is 5.65 Å². The highest BCUT2D eigenvalue weighted by Crippen LogP contribution is 2.02. The maximum absolute atomic E-state index is 11.2. The van der Waals surface area contributed by atoms with Crippen molar-refractivity contribution >= 4 is 5.65 Å². The van der Waals surface area contributed by atoms with Gasteiger partial charge in [0, 0.05) is 6.07 Å². The zero-order chi connectivity index (χ0) is 10.1. The Morgan fingerprint density at radius 1 is 1.71 bits per heavy atom. The molecule has 0 unspecified atom stereocenters. The molecule has 6 nitrogen and oxygen atoms in total. The van der Waals surface area contributed by atoms with E-state index in [0.717, 1.165) is 0 Å². The van der Waals surface area contributed by atoms with Gasteiger partial charge in [0.25, 0.3) is 0 Å². The van der Waals surface area contributed by atoms with Gasteiger partial charge in [0.2, 0.25) is 0 Å². The molecule has 0 aliphatic heterocycles. The normalized spacial score (nSPS) is 10.3. The molecule has 2 aromatic rings. The molecule has 0 aliphatic rings. The summed E-state index contributed by atoms with van der Waals surface area (Å²) in [6.07, 6.45) is 0.221. The van der Waals surface area contributed by atoms with Crippen LogP contribution < -0.4 is 5.69 Å². The summed E-state index contributed by atoms with van der Waals surface area (Å²) < 4.78 is 1.36. The van der Waals surface area contributed by atoms with E-state index >= 15 is 0 Å². The van der Waals surface area contributed by atoms with Gasteiger partial charge in [-0.1, -0.05) is 0 Å². The molecule has 14 heavy (non-hydrogen) atoms. The Labute approximate surface area is 78.8 Å². The van der Waals surface area contributed by atoms with Crippen LogP contribution in [-0.2, 0) is 6.42 Å². The largest absolute Gasteiger partial charge is 0.349 e. The minimum absolute atomic E-state index is 0.221. The maximum Gasteiger partial charge on any atom is 0.349 e. The molecular weight excluding hydrogens is 182 g/mol. The van der Waals surface area contributed by atoms with Crippen LogP contribution in [0.1, 0.15) is 11.5 Å². The lowest BCUT2D eigenvalue weighted by molar-refractivity contribution is 0.909. The van der Waals surface area contributed by atoms with Crippen molar-refractivity contribution < 1.29 is 0 Å². The molecule has 70 valence electrons. The highest BCUT2D eigenvalue weighted by Gasteiger charge is 2.05. The Hall–Kier alpha value is -2.16. The summed E-state index contributed by atoms with van der Waals surface area (Å²) in [4.78, 5) is 15.3. The van der Waals surface area contributed by atoms with Crippen molar-refractivity contribution in [3.05, 3.63) is 28.1 Å². The van der Waals surface area contributed by atoms with Crippen molar-refractivity contribution in [2.24, 2.45) is 0 Å². The molecule has 1 N–H and O–H groups in total. The van der Waals surface area contributed by atoms with E-state index in [9.17, 15) is 4.79 Å². The molecule has 0 bridgehead atoms. The second-order valence-electron chi connectivity index (χ2n) is 2.85. The van der Waals surface area contributed by atoms with E-state index in [0.29, 0.717) is 17.2 Å². The van der Waals surface area contributed by atoms with Gasteiger partial charge in [-0.25, -0.2) is 19.3 Å². The molecule has 0 saturated carbocycles. The average Bonchev–Trinajstić information content (AvgIpc) is 2.48. The van der Waals surface area contributed by atoms with Crippen LogP contribution in [0.15, 0.2) is 10.9 Å². The van der Waals surface area contributed by atoms with Crippen LogP contribution in [0.5, 0.6) is 0 Å². The van der Waals surface area contributed by atoms with E-state index in [2.05, 4.69) is 15.2 Å². The number of nitrogens with one attached hydrogen (secondary N) is 1. The monoisotopic (exact) mass is 189 g/mol. The molecule has 0 aromatic carbocycles. The number of aromatic nitrogens is 4. The first-order valence-electron chi connectivity index (χ1n) is 4.03. The lowest BCUT2D eigenvalue weighted by Crippen LogP contribution is -2.13. The van der Waals surface area contributed by atoms with Crippen LogP contribution in [0.4, 0.5) is 0 Å². The molecule has 2 rings (SSSR count). The van der Waals surface area contributed by atoms with Crippen molar-refractivity contribution in [1.29, 1.82) is 5.26 Å². The Bertz CT molecular complexity index is 573. The lowest BCUT2D eigenvalue weighted by Gasteiger charge is -1.98. The van der Waals surface area contributed by atoms with Gasteiger partial charge in [0.05, 0.1) is 18.2 Å². The third-order valence-corrected chi connectivity index (χ3v) is 1.88. The molecule has 0 aliphatic carbocycles. The Morgan fingerprint density at radius 3 is 3.21 bits per heavy atom. The lowest BCUT2D eigenvalue weighted by atomic mass is 10.3. The van der Waals surface area contributed by atoms with Crippen molar-refractivity contribution in [2.75, 3.05) is 0 Å². The van der Waals surface area contributed by atoms with Crippen molar-refractivity contribution in [1.82, 2.24) is 19.6 Å². The summed E-state index contributed by atoms with van der Waals surface area (Å²) >= 11 is 0. The predicted molar refractivity (Wildman–Crippen MR) is 47.7 cm³/mol. The molecular formula is C8H7N5O. The van der Waals surface area contributed by atoms with E-state index < -0.39 is 0 Å². The molecule has 0 spiro atoms. The number of hydrogen-bond acceptors (Lipinski definition) is 4. The Balaban J connectivity index is 2.75. The molecule has 2 heterocycles. The molecule has 2 aromatic heterocycles. The summed E-state index contributed by atoms with van der Waals surface area (Å²) in [5.74, 6) is 0.534. The summed E-state index contributed by atoms with van der Waals surface area (Å²) in [5, 5.41) is 14.6. The van der Waals surface area contributed by atoms with Gasteiger partial charge in [-0.2, -0.15) is 10.4 Å². The van der Waals surface area contributed by atoms with E-state index in [1.807, 2.05) is 6.07 Å². The van der Waals surface area contributed by atoms with Crippen molar-refractivity contribution in [2.45, 2.75) is 13.3 Å². The van der Waals surface area contributed by atoms with Gasteiger partial charge in [-0.05, 0) is 6.92 Å². The number of hydrogen-bond donors (Lipinski definition) is 1. The van der Waals surface area contributed by atoms with Crippen LogP contribution >= 0.6 is 0 Å². The molecule has 0 radical (unpaired) electrons. The quantitative estimate of drug-likeness (QED) is 0.672. The number of H-pyrrole nitrogens is 1. The van der Waals surface area contributed by atoms with E-state index in [-0.39, 0.29) is 12.1 Å². The van der Waals surface area contributed by atoms with E-state index in [1.54, 1.807) is 13.0 Å².